The molecule has 1 aliphatic rings. The Labute approximate surface area is 180 Å². The fourth-order valence-electron chi connectivity index (χ4n) is 3.04. The van der Waals surface area contributed by atoms with Crippen LogP contribution in [0, 0.1) is 0 Å². The number of amides is 1. The van der Waals surface area contributed by atoms with E-state index >= 15 is 0 Å². The quantitative estimate of drug-likeness (QED) is 0.400. The molecule has 0 saturated heterocycles. The molecular weight excluding hydrogens is 396 g/mol. The van der Waals surface area contributed by atoms with Gasteiger partial charge in [-0.3, -0.25) is 4.79 Å². The van der Waals surface area contributed by atoms with E-state index in [1.165, 1.54) is 6.26 Å². The third-order valence-corrected chi connectivity index (χ3v) is 4.62. The van der Waals surface area contributed by atoms with Gasteiger partial charge in [0, 0.05) is 18.8 Å². The highest BCUT2D eigenvalue weighted by molar-refractivity contribution is 6.02. The number of guanidine groups is 1. The molecule has 31 heavy (non-hydrogen) atoms. The lowest BCUT2D eigenvalue weighted by Gasteiger charge is -2.12. The molecule has 3 N–H and O–H groups in total. The van der Waals surface area contributed by atoms with E-state index in [0.717, 1.165) is 35.1 Å². The Hall–Kier alpha value is -3.94. The Bertz CT molecular complexity index is 1050. The first-order chi connectivity index (χ1) is 15.2. The topological polar surface area (TPSA) is 97.1 Å². The molecule has 2 heterocycles. The van der Waals surface area contributed by atoms with Crippen molar-refractivity contribution in [2.45, 2.75) is 20.0 Å². The van der Waals surface area contributed by atoms with Gasteiger partial charge in [-0.2, -0.15) is 0 Å². The normalized spacial score (nSPS) is 12.5. The van der Waals surface area contributed by atoms with Gasteiger partial charge in [0.25, 0.3) is 5.91 Å². The van der Waals surface area contributed by atoms with Gasteiger partial charge in [0.1, 0.15) is 0 Å². The van der Waals surface area contributed by atoms with Gasteiger partial charge in [0.2, 0.25) is 6.79 Å². The third-order valence-electron chi connectivity index (χ3n) is 4.62. The zero-order valence-electron chi connectivity index (χ0n) is 17.2. The zero-order valence-corrected chi connectivity index (χ0v) is 17.2. The molecule has 1 aromatic heterocycles. The number of nitrogens with one attached hydrogen (secondary N) is 3. The molecule has 2 aromatic carbocycles. The maximum absolute atomic E-state index is 12.0. The van der Waals surface area contributed by atoms with Crippen molar-refractivity contribution in [2.24, 2.45) is 4.99 Å². The van der Waals surface area contributed by atoms with Crippen LogP contribution in [-0.2, 0) is 13.1 Å². The number of aliphatic imine (C=N–C) groups is 1. The smallest absolute Gasteiger partial charge is 0.291 e. The number of rotatable bonds is 7. The minimum atomic E-state index is -0.277. The second-order valence-corrected chi connectivity index (χ2v) is 6.86. The van der Waals surface area contributed by atoms with Crippen molar-refractivity contribution in [1.29, 1.82) is 0 Å². The second kappa shape index (κ2) is 9.71. The molecule has 0 spiro atoms. The number of fused-ring (bicyclic) bond motifs is 1. The van der Waals surface area contributed by atoms with E-state index in [0.29, 0.717) is 18.8 Å². The number of hydrogen-bond donors (Lipinski definition) is 3. The predicted molar refractivity (Wildman–Crippen MR) is 117 cm³/mol. The predicted octanol–water partition coefficient (Wildman–Crippen LogP) is 3.52. The number of carbonyl (C=O) groups excluding carboxylic acids is 1. The highest BCUT2D eigenvalue weighted by atomic mass is 16.7. The maximum Gasteiger partial charge on any atom is 0.291 e. The summed E-state index contributed by atoms with van der Waals surface area (Å²) in [6.45, 7) is 4.15. The van der Waals surface area contributed by atoms with E-state index in [1.807, 2.05) is 49.4 Å². The molecule has 0 aliphatic carbocycles. The number of anilines is 1. The van der Waals surface area contributed by atoms with Gasteiger partial charge < -0.3 is 29.8 Å². The van der Waals surface area contributed by atoms with Crippen molar-refractivity contribution in [3.05, 3.63) is 77.7 Å². The number of hydrogen-bond acceptors (Lipinski definition) is 5. The summed E-state index contributed by atoms with van der Waals surface area (Å²) < 4.78 is 15.9. The van der Waals surface area contributed by atoms with E-state index < -0.39 is 0 Å². The van der Waals surface area contributed by atoms with E-state index in [1.54, 1.807) is 12.1 Å². The van der Waals surface area contributed by atoms with Gasteiger partial charge in [0.15, 0.2) is 23.2 Å². The van der Waals surface area contributed by atoms with Crippen LogP contribution in [0.4, 0.5) is 5.69 Å². The molecule has 4 rings (SSSR count). The molecule has 0 unspecified atom stereocenters. The molecule has 160 valence electrons. The van der Waals surface area contributed by atoms with Crippen LogP contribution in [0.1, 0.15) is 28.6 Å². The molecule has 0 atom stereocenters. The first-order valence-corrected chi connectivity index (χ1v) is 10.1. The van der Waals surface area contributed by atoms with Crippen LogP contribution in [0.3, 0.4) is 0 Å². The Balaban J connectivity index is 1.32. The molecule has 1 aliphatic heterocycles. The monoisotopic (exact) mass is 420 g/mol. The molecule has 3 aromatic rings. The molecule has 0 saturated carbocycles. The minimum absolute atomic E-state index is 0.261. The van der Waals surface area contributed by atoms with Crippen LogP contribution in [0.2, 0.25) is 0 Å². The van der Waals surface area contributed by atoms with Gasteiger partial charge in [-0.25, -0.2) is 4.99 Å². The third kappa shape index (κ3) is 5.36. The van der Waals surface area contributed by atoms with E-state index in [4.69, 9.17) is 13.9 Å². The fraction of sp³-hybridized carbons (Fsp3) is 0.217. The Morgan fingerprint density at radius 3 is 2.58 bits per heavy atom. The summed E-state index contributed by atoms with van der Waals surface area (Å²) in [7, 11) is 0. The van der Waals surface area contributed by atoms with Crippen LogP contribution in [-0.4, -0.2) is 25.2 Å². The van der Waals surface area contributed by atoms with Gasteiger partial charge in [-0.1, -0.05) is 18.2 Å². The number of ether oxygens (including phenoxy) is 2. The average Bonchev–Trinajstić information content (AvgIpc) is 3.48. The lowest BCUT2D eigenvalue weighted by Crippen LogP contribution is -2.36. The van der Waals surface area contributed by atoms with Crippen molar-refractivity contribution in [3.8, 4) is 11.5 Å². The summed E-state index contributed by atoms with van der Waals surface area (Å²) in [5.41, 5.74) is 2.80. The second-order valence-electron chi connectivity index (χ2n) is 6.86. The number of carbonyl (C=O) groups is 1. The SMILES string of the molecule is CCNC(=NCc1ccc2c(c1)OCO2)NCc1ccc(NC(=O)c2ccco2)cc1. The maximum atomic E-state index is 12.0. The molecule has 8 nitrogen and oxygen atoms in total. The van der Waals surface area contributed by atoms with Crippen LogP contribution < -0.4 is 25.4 Å². The summed E-state index contributed by atoms with van der Waals surface area (Å²) in [5.74, 6) is 2.24. The molecule has 0 bridgehead atoms. The van der Waals surface area contributed by atoms with Gasteiger partial charge >= 0.3 is 0 Å². The van der Waals surface area contributed by atoms with Crippen molar-refractivity contribution in [2.75, 3.05) is 18.7 Å². The van der Waals surface area contributed by atoms with Crippen molar-refractivity contribution < 1.29 is 18.7 Å². The lowest BCUT2D eigenvalue weighted by molar-refractivity contribution is 0.0996. The summed E-state index contributed by atoms with van der Waals surface area (Å²) >= 11 is 0. The Morgan fingerprint density at radius 1 is 1.00 bits per heavy atom. The lowest BCUT2D eigenvalue weighted by atomic mass is 10.2. The summed E-state index contributed by atoms with van der Waals surface area (Å²) in [6, 6.07) is 16.8. The van der Waals surface area contributed by atoms with Crippen LogP contribution in [0.15, 0.2) is 70.3 Å². The summed E-state index contributed by atoms with van der Waals surface area (Å²) in [6.07, 6.45) is 1.47. The first kappa shape index (κ1) is 20.3. The van der Waals surface area contributed by atoms with Gasteiger partial charge in [0.05, 0.1) is 12.8 Å². The van der Waals surface area contributed by atoms with E-state index in [-0.39, 0.29) is 18.5 Å². The summed E-state index contributed by atoms with van der Waals surface area (Å²) in [5, 5.41) is 9.37. The van der Waals surface area contributed by atoms with Crippen molar-refractivity contribution >= 4 is 17.6 Å². The Morgan fingerprint density at radius 2 is 1.81 bits per heavy atom. The summed E-state index contributed by atoms with van der Waals surface area (Å²) in [4.78, 5) is 16.7. The fourth-order valence-corrected chi connectivity index (χ4v) is 3.04. The number of nitrogens with zero attached hydrogens (tertiary/aromatic N) is 1. The van der Waals surface area contributed by atoms with Crippen molar-refractivity contribution in [1.82, 2.24) is 10.6 Å². The molecule has 8 heteroatoms. The Kier molecular flexibility index (Phi) is 6.37. The van der Waals surface area contributed by atoms with E-state index in [9.17, 15) is 4.79 Å². The zero-order chi connectivity index (χ0) is 21.5. The van der Waals surface area contributed by atoms with Crippen molar-refractivity contribution in [3.63, 3.8) is 0 Å². The molecule has 0 radical (unpaired) electrons. The highest BCUT2D eigenvalue weighted by Crippen LogP contribution is 2.32. The van der Waals surface area contributed by atoms with Gasteiger partial charge in [-0.15, -0.1) is 0 Å². The number of furan rings is 1. The number of benzene rings is 2. The first-order valence-electron chi connectivity index (χ1n) is 10.1. The minimum Gasteiger partial charge on any atom is -0.459 e. The van der Waals surface area contributed by atoms with E-state index in [2.05, 4.69) is 20.9 Å². The highest BCUT2D eigenvalue weighted by Gasteiger charge is 2.13. The van der Waals surface area contributed by atoms with Gasteiger partial charge in [-0.05, 0) is 54.4 Å². The van der Waals surface area contributed by atoms with Crippen LogP contribution in [0.25, 0.3) is 0 Å². The molecule has 0 fully saturated rings. The largest absolute Gasteiger partial charge is 0.459 e. The van der Waals surface area contributed by atoms with Crippen LogP contribution >= 0.6 is 0 Å². The van der Waals surface area contributed by atoms with Crippen LogP contribution in [0.5, 0.6) is 11.5 Å². The average molecular weight is 420 g/mol. The standard InChI is InChI=1S/C23H24N4O4/c1-2-24-23(26-14-17-7-10-19-21(12-17)31-15-30-19)25-13-16-5-8-18(9-6-16)27-22(28)20-4-3-11-29-20/h3-12H,2,13-15H2,1H3,(H,27,28)(H2,24,25,26). The molecular formula is C23H24N4O4. The molecule has 1 amide bonds.